The van der Waals surface area contributed by atoms with Crippen LogP contribution < -0.4 is 0 Å². The highest BCUT2D eigenvalue weighted by molar-refractivity contribution is 5.77. The molecule has 27 heavy (non-hydrogen) atoms. The number of phenolic OH excluding ortho intramolecular Hbond substituents is 1. The monoisotopic (exact) mass is 359 g/mol. The Morgan fingerprint density at radius 1 is 1.11 bits per heavy atom. The van der Waals surface area contributed by atoms with Crippen molar-refractivity contribution in [3.8, 4) is 22.9 Å². The van der Waals surface area contributed by atoms with Gasteiger partial charge in [0, 0.05) is 11.0 Å². The Labute approximate surface area is 158 Å². The van der Waals surface area contributed by atoms with Crippen LogP contribution in [0.1, 0.15) is 37.6 Å². The Morgan fingerprint density at radius 2 is 1.81 bits per heavy atom. The largest absolute Gasteiger partial charge is 0.505 e. The van der Waals surface area contributed by atoms with Crippen LogP contribution in [0.15, 0.2) is 52.7 Å². The highest BCUT2D eigenvalue weighted by Gasteiger charge is 2.24. The Bertz CT molecular complexity index is 1040. The van der Waals surface area contributed by atoms with Gasteiger partial charge < -0.3 is 5.11 Å². The minimum Gasteiger partial charge on any atom is -0.505 e. The molecule has 6 heteroatoms. The van der Waals surface area contributed by atoms with Crippen molar-refractivity contribution in [2.75, 3.05) is 0 Å². The van der Waals surface area contributed by atoms with Crippen LogP contribution in [-0.4, -0.2) is 15.3 Å². The van der Waals surface area contributed by atoms with Crippen LogP contribution >= 0.6 is 0 Å². The van der Waals surface area contributed by atoms with E-state index in [0.717, 1.165) is 11.1 Å². The van der Waals surface area contributed by atoms with Gasteiger partial charge in [-0.25, -0.2) is 0 Å². The minimum atomic E-state index is -0.266. The SMILES string of the molecule is Cc1cc(N=Nc2n[nH]c(C(C)(C)C)c2C#N)c(O)c(-c2ccccc2)c1. The van der Waals surface area contributed by atoms with Gasteiger partial charge in [0.15, 0.2) is 5.75 Å². The molecule has 2 N–H and O–H groups in total. The summed E-state index contributed by atoms with van der Waals surface area (Å²) in [5, 5.41) is 35.4. The molecule has 136 valence electrons. The number of aryl methyl sites for hydroxylation is 1. The van der Waals surface area contributed by atoms with Crippen molar-refractivity contribution in [2.45, 2.75) is 33.1 Å². The molecule has 0 unspecified atom stereocenters. The second kappa shape index (κ2) is 7.04. The predicted octanol–water partition coefficient (Wildman–Crippen LogP) is 5.68. The first-order valence-electron chi connectivity index (χ1n) is 8.61. The van der Waals surface area contributed by atoms with Crippen molar-refractivity contribution in [1.29, 1.82) is 5.26 Å². The first kappa shape index (κ1) is 18.3. The van der Waals surface area contributed by atoms with E-state index in [1.54, 1.807) is 6.07 Å². The van der Waals surface area contributed by atoms with Gasteiger partial charge in [0.05, 0.1) is 5.69 Å². The standard InChI is InChI=1S/C21H21N5O/c1-13-10-15(14-8-6-5-7-9-14)18(27)17(11-13)23-25-20-16(12-22)19(24-26-20)21(2,3)4/h5-11,27H,1-4H3,(H,24,26). The van der Waals surface area contributed by atoms with Crippen LogP contribution in [-0.2, 0) is 5.41 Å². The average molecular weight is 359 g/mol. The van der Waals surface area contributed by atoms with Crippen LogP contribution in [0.5, 0.6) is 5.75 Å². The number of azo groups is 1. The first-order chi connectivity index (χ1) is 12.8. The molecule has 2 aromatic carbocycles. The first-order valence-corrected chi connectivity index (χ1v) is 8.61. The van der Waals surface area contributed by atoms with Gasteiger partial charge in [-0.3, -0.25) is 5.10 Å². The molecule has 1 heterocycles. The van der Waals surface area contributed by atoms with E-state index in [1.807, 2.05) is 64.1 Å². The van der Waals surface area contributed by atoms with E-state index in [4.69, 9.17) is 0 Å². The van der Waals surface area contributed by atoms with E-state index < -0.39 is 0 Å². The van der Waals surface area contributed by atoms with E-state index >= 15 is 0 Å². The van der Waals surface area contributed by atoms with Crippen molar-refractivity contribution < 1.29 is 5.11 Å². The molecule has 3 aromatic rings. The van der Waals surface area contributed by atoms with E-state index in [9.17, 15) is 10.4 Å². The third kappa shape index (κ3) is 3.72. The lowest BCUT2D eigenvalue weighted by molar-refractivity contribution is 0.478. The zero-order valence-electron chi connectivity index (χ0n) is 15.8. The van der Waals surface area contributed by atoms with E-state index in [0.29, 0.717) is 22.5 Å². The Kier molecular flexibility index (Phi) is 4.78. The molecule has 0 bridgehead atoms. The van der Waals surface area contributed by atoms with E-state index in [-0.39, 0.29) is 17.0 Å². The maximum absolute atomic E-state index is 10.7. The molecule has 1 aromatic heterocycles. The molecule has 0 aliphatic heterocycles. The number of hydrogen-bond donors (Lipinski definition) is 2. The molecule has 0 atom stereocenters. The summed E-state index contributed by atoms with van der Waals surface area (Å²) in [5.41, 5.74) is 3.65. The van der Waals surface area contributed by atoms with Gasteiger partial charge in [-0.2, -0.15) is 10.4 Å². The summed E-state index contributed by atoms with van der Waals surface area (Å²) in [6.45, 7) is 7.89. The number of benzene rings is 2. The third-order valence-electron chi connectivity index (χ3n) is 4.18. The number of phenols is 1. The van der Waals surface area contributed by atoms with Crippen molar-refractivity contribution in [2.24, 2.45) is 10.2 Å². The number of hydrogen-bond acceptors (Lipinski definition) is 5. The lowest BCUT2D eigenvalue weighted by Crippen LogP contribution is -2.13. The van der Waals surface area contributed by atoms with Crippen LogP contribution in [0.2, 0.25) is 0 Å². The molecule has 0 aliphatic rings. The molecule has 6 nitrogen and oxygen atoms in total. The number of H-pyrrole nitrogens is 1. The molecule has 0 saturated heterocycles. The van der Waals surface area contributed by atoms with Crippen LogP contribution in [0.4, 0.5) is 11.5 Å². The molecule has 0 aliphatic carbocycles. The summed E-state index contributed by atoms with van der Waals surface area (Å²) < 4.78 is 0. The number of rotatable bonds is 3. The summed E-state index contributed by atoms with van der Waals surface area (Å²) in [6.07, 6.45) is 0. The number of aromatic hydroxyl groups is 1. The van der Waals surface area contributed by atoms with Gasteiger partial charge in [0.1, 0.15) is 17.3 Å². The summed E-state index contributed by atoms with van der Waals surface area (Å²) in [5.74, 6) is 0.255. The predicted molar refractivity (Wildman–Crippen MR) is 104 cm³/mol. The van der Waals surface area contributed by atoms with Gasteiger partial charge in [-0.05, 0) is 30.2 Å². The van der Waals surface area contributed by atoms with Crippen LogP contribution in [0.3, 0.4) is 0 Å². The summed E-state index contributed by atoms with van der Waals surface area (Å²) in [6, 6.07) is 15.4. The molecular weight excluding hydrogens is 338 g/mol. The lowest BCUT2D eigenvalue weighted by atomic mass is 9.90. The summed E-state index contributed by atoms with van der Waals surface area (Å²) in [7, 11) is 0. The van der Waals surface area contributed by atoms with Crippen molar-refractivity contribution in [3.63, 3.8) is 0 Å². The average Bonchev–Trinajstić information content (AvgIpc) is 3.06. The van der Waals surface area contributed by atoms with Gasteiger partial charge in [-0.15, -0.1) is 10.2 Å². The maximum atomic E-state index is 10.7. The molecule has 0 saturated carbocycles. The Hall–Kier alpha value is -3.46. The molecule has 0 radical (unpaired) electrons. The van der Waals surface area contributed by atoms with E-state index in [2.05, 4.69) is 26.5 Å². The number of nitrogens with one attached hydrogen (secondary N) is 1. The topological polar surface area (TPSA) is 97.4 Å². The number of nitrogens with zero attached hydrogens (tertiary/aromatic N) is 4. The fourth-order valence-electron chi connectivity index (χ4n) is 2.83. The van der Waals surface area contributed by atoms with Gasteiger partial charge in [-0.1, -0.05) is 51.1 Å². The second-order valence-corrected chi connectivity index (χ2v) is 7.41. The van der Waals surface area contributed by atoms with Crippen LogP contribution in [0.25, 0.3) is 11.1 Å². The van der Waals surface area contributed by atoms with Crippen LogP contribution in [0, 0.1) is 18.3 Å². The van der Waals surface area contributed by atoms with Crippen molar-refractivity contribution in [3.05, 3.63) is 59.3 Å². The molecule has 0 amide bonds. The number of aromatic amines is 1. The quantitative estimate of drug-likeness (QED) is 0.589. The molecular formula is C21H21N5O. The minimum absolute atomic E-state index is 0.0423. The Balaban J connectivity index is 2.04. The summed E-state index contributed by atoms with van der Waals surface area (Å²) in [4.78, 5) is 0. The number of nitriles is 1. The van der Waals surface area contributed by atoms with Gasteiger partial charge >= 0.3 is 0 Å². The fraction of sp³-hybridized carbons (Fsp3) is 0.238. The fourth-order valence-corrected chi connectivity index (χ4v) is 2.83. The smallest absolute Gasteiger partial charge is 0.213 e. The van der Waals surface area contributed by atoms with Gasteiger partial charge in [0.2, 0.25) is 5.82 Å². The van der Waals surface area contributed by atoms with Gasteiger partial charge in [0.25, 0.3) is 0 Å². The van der Waals surface area contributed by atoms with E-state index in [1.165, 1.54) is 0 Å². The molecule has 0 fully saturated rings. The highest BCUT2D eigenvalue weighted by Crippen LogP contribution is 2.39. The number of aromatic nitrogens is 2. The normalized spacial score (nSPS) is 11.7. The molecule has 3 rings (SSSR count). The third-order valence-corrected chi connectivity index (χ3v) is 4.18. The summed E-state index contributed by atoms with van der Waals surface area (Å²) >= 11 is 0. The Morgan fingerprint density at radius 3 is 2.44 bits per heavy atom. The zero-order chi connectivity index (χ0) is 19.6. The lowest BCUT2D eigenvalue weighted by Gasteiger charge is -2.15. The second-order valence-electron chi connectivity index (χ2n) is 7.41. The van der Waals surface area contributed by atoms with Crippen molar-refractivity contribution >= 4 is 11.5 Å². The molecule has 0 spiro atoms. The maximum Gasteiger partial charge on any atom is 0.213 e. The highest BCUT2D eigenvalue weighted by atomic mass is 16.3. The zero-order valence-corrected chi connectivity index (χ0v) is 15.8. The van der Waals surface area contributed by atoms with Crippen molar-refractivity contribution in [1.82, 2.24) is 10.2 Å².